The monoisotopic (exact) mass is 240 g/mol. The van der Waals surface area contributed by atoms with Crippen LogP contribution in [0.1, 0.15) is 24.4 Å². The van der Waals surface area contributed by atoms with Gasteiger partial charge in [0.05, 0.1) is 0 Å². The average Bonchev–Trinajstić information content (AvgIpc) is 2.82. The highest BCUT2D eigenvalue weighted by Crippen LogP contribution is 2.16. The SMILES string of the molecule is Cl.N[C@H](C(=O)N1CCCC1)c1ccccc1. The van der Waals surface area contributed by atoms with Gasteiger partial charge in [-0.25, -0.2) is 0 Å². The fourth-order valence-corrected chi connectivity index (χ4v) is 1.94. The molecule has 1 aliphatic rings. The summed E-state index contributed by atoms with van der Waals surface area (Å²) in [6.07, 6.45) is 2.21. The lowest BCUT2D eigenvalue weighted by atomic mass is 10.1. The van der Waals surface area contributed by atoms with Crippen molar-refractivity contribution in [2.75, 3.05) is 13.1 Å². The van der Waals surface area contributed by atoms with Crippen LogP contribution in [0.2, 0.25) is 0 Å². The standard InChI is InChI=1S/C12H16N2O.ClH/c13-11(10-6-2-1-3-7-10)12(15)14-8-4-5-9-14;/h1-3,6-7,11H,4-5,8-9,13H2;1H/t11-;/m0./s1. The minimum atomic E-state index is -0.496. The van der Waals surface area contributed by atoms with E-state index in [1.807, 2.05) is 35.2 Å². The van der Waals surface area contributed by atoms with Gasteiger partial charge in [-0.15, -0.1) is 12.4 Å². The first-order valence-corrected chi connectivity index (χ1v) is 5.38. The second kappa shape index (κ2) is 5.87. The molecule has 4 heteroatoms. The van der Waals surface area contributed by atoms with Crippen LogP contribution in [-0.4, -0.2) is 23.9 Å². The Labute approximate surface area is 102 Å². The van der Waals surface area contributed by atoms with E-state index in [4.69, 9.17) is 5.73 Å². The molecule has 1 aliphatic heterocycles. The smallest absolute Gasteiger partial charge is 0.244 e. The number of nitrogens with zero attached hydrogens (tertiary/aromatic N) is 1. The van der Waals surface area contributed by atoms with Crippen molar-refractivity contribution in [1.29, 1.82) is 0 Å². The highest BCUT2D eigenvalue weighted by atomic mass is 35.5. The van der Waals surface area contributed by atoms with E-state index in [9.17, 15) is 4.79 Å². The van der Waals surface area contributed by atoms with Gasteiger partial charge in [0.2, 0.25) is 5.91 Å². The minimum Gasteiger partial charge on any atom is -0.341 e. The lowest BCUT2D eigenvalue weighted by Gasteiger charge is -2.20. The van der Waals surface area contributed by atoms with E-state index in [0.717, 1.165) is 31.5 Å². The summed E-state index contributed by atoms with van der Waals surface area (Å²) in [4.78, 5) is 13.8. The van der Waals surface area contributed by atoms with Gasteiger partial charge in [-0.3, -0.25) is 4.79 Å². The summed E-state index contributed by atoms with van der Waals surface area (Å²) in [6, 6.07) is 9.05. The summed E-state index contributed by atoms with van der Waals surface area (Å²) in [5.41, 5.74) is 6.82. The van der Waals surface area contributed by atoms with Crippen LogP contribution in [0.25, 0.3) is 0 Å². The van der Waals surface area contributed by atoms with Crippen molar-refractivity contribution >= 4 is 18.3 Å². The van der Waals surface area contributed by atoms with Gasteiger partial charge in [0.25, 0.3) is 0 Å². The number of benzene rings is 1. The van der Waals surface area contributed by atoms with Crippen LogP contribution < -0.4 is 5.73 Å². The minimum absolute atomic E-state index is 0. The maximum absolute atomic E-state index is 11.9. The van der Waals surface area contributed by atoms with Crippen molar-refractivity contribution in [3.63, 3.8) is 0 Å². The zero-order chi connectivity index (χ0) is 10.7. The van der Waals surface area contributed by atoms with Crippen molar-refractivity contribution < 1.29 is 4.79 Å². The largest absolute Gasteiger partial charge is 0.341 e. The third kappa shape index (κ3) is 2.74. The Balaban J connectivity index is 0.00000128. The molecule has 1 amide bonds. The van der Waals surface area contributed by atoms with Gasteiger partial charge in [-0.05, 0) is 18.4 Å². The van der Waals surface area contributed by atoms with Crippen molar-refractivity contribution in [3.05, 3.63) is 35.9 Å². The van der Waals surface area contributed by atoms with Crippen LogP contribution in [0.3, 0.4) is 0 Å². The van der Waals surface area contributed by atoms with E-state index >= 15 is 0 Å². The lowest BCUT2D eigenvalue weighted by Crippen LogP contribution is -2.36. The molecule has 2 rings (SSSR count). The zero-order valence-corrected chi connectivity index (χ0v) is 9.95. The van der Waals surface area contributed by atoms with Gasteiger partial charge >= 0.3 is 0 Å². The number of nitrogens with two attached hydrogens (primary N) is 1. The maximum Gasteiger partial charge on any atom is 0.244 e. The average molecular weight is 241 g/mol. The molecule has 0 aliphatic carbocycles. The molecule has 0 bridgehead atoms. The van der Waals surface area contributed by atoms with Crippen molar-refractivity contribution in [2.45, 2.75) is 18.9 Å². The fraction of sp³-hybridized carbons (Fsp3) is 0.417. The van der Waals surface area contributed by atoms with Gasteiger partial charge in [-0.1, -0.05) is 30.3 Å². The Morgan fingerprint density at radius 2 is 1.75 bits per heavy atom. The summed E-state index contributed by atoms with van der Waals surface area (Å²) < 4.78 is 0. The second-order valence-corrected chi connectivity index (χ2v) is 3.92. The molecule has 1 atom stereocenters. The first kappa shape index (κ1) is 13.0. The number of likely N-dealkylation sites (tertiary alicyclic amines) is 1. The summed E-state index contributed by atoms with van der Waals surface area (Å²) in [5.74, 6) is 0.0544. The van der Waals surface area contributed by atoms with Crippen molar-refractivity contribution in [2.24, 2.45) is 5.73 Å². The van der Waals surface area contributed by atoms with Crippen LogP contribution in [0.5, 0.6) is 0 Å². The van der Waals surface area contributed by atoms with E-state index in [2.05, 4.69) is 0 Å². The highest BCUT2D eigenvalue weighted by Gasteiger charge is 2.24. The molecule has 0 radical (unpaired) electrons. The van der Waals surface area contributed by atoms with Crippen LogP contribution in [-0.2, 0) is 4.79 Å². The molecule has 1 saturated heterocycles. The molecule has 88 valence electrons. The van der Waals surface area contributed by atoms with Crippen LogP contribution in [0.15, 0.2) is 30.3 Å². The number of amides is 1. The van der Waals surface area contributed by atoms with E-state index in [-0.39, 0.29) is 18.3 Å². The molecular weight excluding hydrogens is 224 g/mol. The summed E-state index contributed by atoms with van der Waals surface area (Å²) in [6.45, 7) is 1.72. The number of carbonyl (C=O) groups excluding carboxylic acids is 1. The molecule has 2 N–H and O–H groups in total. The molecule has 1 aromatic carbocycles. The normalized spacial score (nSPS) is 16.7. The molecule has 0 aromatic heterocycles. The van der Waals surface area contributed by atoms with Crippen LogP contribution in [0.4, 0.5) is 0 Å². The van der Waals surface area contributed by atoms with Crippen LogP contribution >= 0.6 is 12.4 Å². The molecule has 1 aromatic rings. The van der Waals surface area contributed by atoms with Crippen molar-refractivity contribution in [3.8, 4) is 0 Å². The number of halogens is 1. The number of hydrogen-bond donors (Lipinski definition) is 1. The summed E-state index contributed by atoms with van der Waals surface area (Å²) in [7, 11) is 0. The quantitative estimate of drug-likeness (QED) is 0.856. The fourth-order valence-electron chi connectivity index (χ4n) is 1.94. The Morgan fingerprint density at radius 1 is 1.19 bits per heavy atom. The predicted molar refractivity (Wildman–Crippen MR) is 66.4 cm³/mol. The Hall–Kier alpha value is -1.06. The molecule has 0 unspecified atom stereocenters. The van der Waals surface area contributed by atoms with E-state index in [1.165, 1.54) is 0 Å². The third-order valence-corrected chi connectivity index (χ3v) is 2.84. The number of rotatable bonds is 2. The molecule has 0 spiro atoms. The number of carbonyl (C=O) groups is 1. The van der Waals surface area contributed by atoms with E-state index in [0.29, 0.717) is 0 Å². The van der Waals surface area contributed by atoms with Gasteiger partial charge in [-0.2, -0.15) is 0 Å². The van der Waals surface area contributed by atoms with Crippen molar-refractivity contribution in [1.82, 2.24) is 4.90 Å². The predicted octanol–water partition coefficient (Wildman–Crippen LogP) is 1.73. The topological polar surface area (TPSA) is 46.3 Å². The maximum atomic E-state index is 11.9. The molecule has 0 saturated carbocycles. The first-order valence-electron chi connectivity index (χ1n) is 5.38. The summed E-state index contributed by atoms with van der Waals surface area (Å²) >= 11 is 0. The summed E-state index contributed by atoms with van der Waals surface area (Å²) in [5, 5.41) is 0. The van der Waals surface area contributed by atoms with E-state index in [1.54, 1.807) is 0 Å². The molecule has 3 nitrogen and oxygen atoms in total. The Bertz CT molecular complexity index is 336. The Kier molecular flexibility index (Phi) is 4.77. The third-order valence-electron chi connectivity index (χ3n) is 2.84. The highest BCUT2D eigenvalue weighted by molar-refractivity contribution is 5.85. The second-order valence-electron chi connectivity index (χ2n) is 3.92. The zero-order valence-electron chi connectivity index (χ0n) is 9.13. The number of hydrogen-bond acceptors (Lipinski definition) is 2. The van der Waals surface area contributed by atoms with Gasteiger partial charge in [0.15, 0.2) is 0 Å². The molecule has 1 fully saturated rings. The van der Waals surface area contributed by atoms with Gasteiger partial charge in [0, 0.05) is 13.1 Å². The van der Waals surface area contributed by atoms with Gasteiger partial charge < -0.3 is 10.6 Å². The van der Waals surface area contributed by atoms with Gasteiger partial charge in [0.1, 0.15) is 6.04 Å². The molecule has 16 heavy (non-hydrogen) atoms. The molecule has 1 heterocycles. The molecular formula is C12H17ClN2O. The first-order chi connectivity index (χ1) is 7.29. The van der Waals surface area contributed by atoms with E-state index < -0.39 is 6.04 Å². The lowest BCUT2D eigenvalue weighted by molar-refractivity contribution is -0.131. The Morgan fingerprint density at radius 3 is 2.31 bits per heavy atom. The van der Waals surface area contributed by atoms with Crippen LogP contribution in [0, 0.1) is 0 Å².